The van der Waals surface area contributed by atoms with Gasteiger partial charge in [-0.05, 0) is 48.0 Å². The van der Waals surface area contributed by atoms with Gasteiger partial charge in [-0.3, -0.25) is 4.79 Å². The smallest absolute Gasteiger partial charge is 0.232 e. The Bertz CT molecular complexity index is 1220. The highest BCUT2D eigenvalue weighted by molar-refractivity contribution is 6.00. The van der Waals surface area contributed by atoms with E-state index in [1.54, 1.807) is 27.9 Å². The second-order valence-electron chi connectivity index (χ2n) is 7.71. The van der Waals surface area contributed by atoms with E-state index in [2.05, 4.69) is 5.10 Å². The SMILES string of the molecule is C[C@@H]1C(=O)N(c2ccc3c(cnn3-c3ccc(F)cc3)c2)[C@H](c2ccccc2)[C@H]1N. The maximum Gasteiger partial charge on any atom is 0.232 e. The van der Waals surface area contributed by atoms with Crippen LogP contribution in [0.2, 0.25) is 0 Å². The lowest BCUT2D eigenvalue weighted by molar-refractivity contribution is -0.120. The van der Waals surface area contributed by atoms with E-state index in [0.717, 1.165) is 27.8 Å². The summed E-state index contributed by atoms with van der Waals surface area (Å²) in [6.45, 7) is 1.88. The number of carbonyl (C=O) groups is 1. The van der Waals surface area contributed by atoms with Gasteiger partial charge in [0.25, 0.3) is 0 Å². The van der Waals surface area contributed by atoms with Crippen molar-refractivity contribution in [2.24, 2.45) is 11.7 Å². The molecular formula is C24H21FN4O. The van der Waals surface area contributed by atoms with Gasteiger partial charge in [0.1, 0.15) is 5.82 Å². The van der Waals surface area contributed by atoms with Crippen LogP contribution in [0.4, 0.5) is 10.1 Å². The van der Waals surface area contributed by atoms with Crippen LogP contribution in [0.15, 0.2) is 79.0 Å². The summed E-state index contributed by atoms with van der Waals surface area (Å²) in [6.07, 6.45) is 1.75. The number of nitrogens with zero attached hydrogens (tertiary/aromatic N) is 3. The fraction of sp³-hybridized carbons (Fsp3) is 0.167. The first-order chi connectivity index (χ1) is 14.5. The van der Waals surface area contributed by atoms with Crippen molar-refractivity contribution < 1.29 is 9.18 Å². The second kappa shape index (κ2) is 7.07. The number of halogens is 1. The number of fused-ring (bicyclic) bond motifs is 1. The molecule has 30 heavy (non-hydrogen) atoms. The molecule has 1 aromatic heterocycles. The summed E-state index contributed by atoms with van der Waals surface area (Å²) in [5.41, 5.74) is 9.93. The highest BCUT2D eigenvalue weighted by Gasteiger charge is 2.45. The zero-order valence-electron chi connectivity index (χ0n) is 16.4. The van der Waals surface area contributed by atoms with Gasteiger partial charge in [-0.15, -0.1) is 0 Å². The lowest BCUT2D eigenvalue weighted by Crippen LogP contribution is -2.33. The Hall–Kier alpha value is -3.51. The van der Waals surface area contributed by atoms with Crippen LogP contribution in [-0.4, -0.2) is 21.7 Å². The monoisotopic (exact) mass is 400 g/mol. The van der Waals surface area contributed by atoms with Crippen LogP contribution in [0.1, 0.15) is 18.5 Å². The number of aromatic nitrogens is 2. The second-order valence-corrected chi connectivity index (χ2v) is 7.71. The summed E-state index contributed by atoms with van der Waals surface area (Å²) in [7, 11) is 0. The predicted molar refractivity (Wildman–Crippen MR) is 115 cm³/mol. The van der Waals surface area contributed by atoms with Crippen LogP contribution in [0.3, 0.4) is 0 Å². The van der Waals surface area contributed by atoms with Gasteiger partial charge in [-0.25, -0.2) is 9.07 Å². The first-order valence-electron chi connectivity index (χ1n) is 9.92. The van der Waals surface area contributed by atoms with Crippen molar-refractivity contribution in [2.75, 3.05) is 4.90 Å². The normalized spacial score (nSPS) is 21.5. The van der Waals surface area contributed by atoms with Crippen molar-refractivity contribution in [3.8, 4) is 5.69 Å². The number of rotatable bonds is 3. The molecule has 4 aromatic rings. The minimum Gasteiger partial charge on any atom is -0.325 e. The van der Waals surface area contributed by atoms with Gasteiger partial charge in [0.05, 0.1) is 29.4 Å². The molecule has 0 unspecified atom stereocenters. The Morgan fingerprint density at radius 2 is 1.67 bits per heavy atom. The van der Waals surface area contributed by atoms with E-state index < -0.39 is 0 Å². The highest BCUT2D eigenvalue weighted by atomic mass is 19.1. The molecule has 2 heterocycles. The summed E-state index contributed by atoms with van der Waals surface area (Å²) >= 11 is 0. The number of benzene rings is 3. The van der Waals surface area contributed by atoms with E-state index in [1.165, 1.54) is 12.1 Å². The average Bonchev–Trinajstić information content (AvgIpc) is 3.29. The number of carbonyl (C=O) groups excluding carboxylic acids is 1. The molecule has 1 saturated heterocycles. The molecule has 0 spiro atoms. The van der Waals surface area contributed by atoms with Crippen LogP contribution in [-0.2, 0) is 4.79 Å². The standard InChI is InChI=1S/C24H21FN4O/c1-15-22(26)23(16-5-3-2-4-6-16)28(24(15)30)20-11-12-21-17(13-20)14-27-29(21)19-9-7-18(25)8-10-19/h2-15,22-23H,26H2,1H3/t15-,22-,23+/m0/s1. The van der Waals surface area contributed by atoms with Crippen molar-refractivity contribution in [2.45, 2.75) is 19.0 Å². The molecule has 1 aliphatic rings. The molecule has 3 atom stereocenters. The maximum absolute atomic E-state index is 13.3. The summed E-state index contributed by atoms with van der Waals surface area (Å²) in [5, 5.41) is 5.35. The molecule has 1 fully saturated rings. The van der Waals surface area contributed by atoms with Crippen LogP contribution >= 0.6 is 0 Å². The molecule has 5 nitrogen and oxygen atoms in total. The zero-order chi connectivity index (χ0) is 20.8. The van der Waals surface area contributed by atoms with Crippen molar-refractivity contribution in [1.82, 2.24) is 9.78 Å². The zero-order valence-corrected chi connectivity index (χ0v) is 16.4. The molecular weight excluding hydrogens is 379 g/mol. The van der Waals surface area contributed by atoms with Crippen LogP contribution < -0.4 is 10.6 Å². The lowest BCUT2D eigenvalue weighted by Gasteiger charge is -2.27. The molecule has 0 radical (unpaired) electrons. The lowest BCUT2D eigenvalue weighted by atomic mass is 9.95. The third-order valence-electron chi connectivity index (χ3n) is 5.89. The average molecular weight is 400 g/mol. The number of hydrogen-bond donors (Lipinski definition) is 1. The van der Waals surface area contributed by atoms with Gasteiger partial charge < -0.3 is 10.6 Å². The van der Waals surface area contributed by atoms with Crippen molar-refractivity contribution in [1.29, 1.82) is 0 Å². The van der Waals surface area contributed by atoms with Gasteiger partial charge in [0, 0.05) is 17.1 Å². The third-order valence-corrected chi connectivity index (χ3v) is 5.89. The Morgan fingerprint density at radius 3 is 2.40 bits per heavy atom. The van der Waals surface area contributed by atoms with Gasteiger partial charge in [-0.1, -0.05) is 37.3 Å². The summed E-state index contributed by atoms with van der Waals surface area (Å²) < 4.78 is 15.0. The van der Waals surface area contributed by atoms with E-state index in [-0.39, 0.29) is 29.7 Å². The third kappa shape index (κ3) is 2.88. The molecule has 3 aromatic carbocycles. The fourth-order valence-electron chi connectivity index (χ4n) is 4.23. The molecule has 0 saturated carbocycles. The van der Waals surface area contributed by atoms with Crippen molar-refractivity contribution in [3.63, 3.8) is 0 Å². The molecule has 2 N–H and O–H groups in total. The summed E-state index contributed by atoms with van der Waals surface area (Å²) in [5.74, 6) is -0.545. The van der Waals surface area contributed by atoms with Gasteiger partial charge in [-0.2, -0.15) is 5.10 Å². The van der Waals surface area contributed by atoms with Gasteiger partial charge in [0.2, 0.25) is 5.91 Å². The van der Waals surface area contributed by atoms with E-state index in [0.29, 0.717) is 0 Å². The minimum absolute atomic E-state index is 0.0154. The molecule has 5 rings (SSSR count). The quantitative estimate of drug-likeness (QED) is 0.560. The molecule has 1 amide bonds. The summed E-state index contributed by atoms with van der Waals surface area (Å²) in [6, 6.07) is 21.4. The number of amides is 1. The molecule has 1 aliphatic heterocycles. The molecule has 0 bridgehead atoms. The van der Waals surface area contributed by atoms with Crippen molar-refractivity contribution >= 4 is 22.5 Å². The van der Waals surface area contributed by atoms with Crippen LogP contribution in [0.25, 0.3) is 16.6 Å². The maximum atomic E-state index is 13.3. The first kappa shape index (κ1) is 18.5. The highest BCUT2D eigenvalue weighted by Crippen LogP contribution is 2.40. The first-order valence-corrected chi connectivity index (χ1v) is 9.92. The van der Waals surface area contributed by atoms with Crippen molar-refractivity contribution in [3.05, 3.63) is 90.4 Å². The number of anilines is 1. The van der Waals surface area contributed by atoms with E-state index in [4.69, 9.17) is 5.73 Å². The largest absolute Gasteiger partial charge is 0.325 e. The van der Waals surface area contributed by atoms with E-state index in [1.807, 2.05) is 55.5 Å². The molecule has 150 valence electrons. The Labute approximate surface area is 173 Å². The van der Waals surface area contributed by atoms with E-state index in [9.17, 15) is 9.18 Å². The Kier molecular flexibility index (Phi) is 4.37. The fourth-order valence-corrected chi connectivity index (χ4v) is 4.23. The topological polar surface area (TPSA) is 64.2 Å². The number of hydrogen-bond acceptors (Lipinski definition) is 3. The van der Waals surface area contributed by atoms with Gasteiger partial charge in [0.15, 0.2) is 0 Å². The molecule has 6 heteroatoms. The van der Waals surface area contributed by atoms with Gasteiger partial charge >= 0.3 is 0 Å². The predicted octanol–water partition coefficient (Wildman–Crippen LogP) is 4.22. The number of nitrogens with two attached hydrogens (primary N) is 1. The van der Waals surface area contributed by atoms with E-state index >= 15 is 0 Å². The van der Waals surface area contributed by atoms with Crippen LogP contribution in [0.5, 0.6) is 0 Å². The Balaban J connectivity index is 1.58. The summed E-state index contributed by atoms with van der Waals surface area (Å²) in [4.78, 5) is 14.9. The Morgan fingerprint density at radius 1 is 0.967 bits per heavy atom. The minimum atomic E-state index is -0.294. The van der Waals surface area contributed by atoms with Crippen LogP contribution in [0, 0.1) is 11.7 Å². The molecule has 0 aliphatic carbocycles.